The molecule has 1 aromatic heterocycles. The predicted octanol–water partition coefficient (Wildman–Crippen LogP) is 2.83. The highest BCUT2D eigenvalue weighted by Crippen LogP contribution is 2.23. The van der Waals surface area contributed by atoms with Crippen LogP contribution in [0, 0.1) is 0 Å². The molecular weight excluding hydrogens is 236 g/mol. The van der Waals surface area contributed by atoms with Crippen LogP contribution in [-0.4, -0.2) is 30.8 Å². The molecule has 1 atom stereocenters. The number of likely N-dealkylation sites (N-methyl/N-ethyl adjacent to an activating group) is 1. The number of hydrogen-bond donors (Lipinski definition) is 0. The highest BCUT2D eigenvalue weighted by atomic mass is 35.5. The monoisotopic (exact) mass is 254 g/mol. The minimum absolute atomic E-state index is 0.367. The van der Waals surface area contributed by atoms with Gasteiger partial charge in [0.15, 0.2) is 0 Å². The van der Waals surface area contributed by atoms with Gasteiger partial charge in [-0.3, -0.25) is 4.98 Å². The molecular formula is C13H19ClN2O. The van der Waals surface area contributed by atoms with Crippen molar-refractivity contribution in [3.05, 3.63) is 24.0 Å². The molecule has 1 aliphatic heterocycles. The molecule has 0 aliphatic carbocycles. The van der Waals surface area contributed by atoms with E-state index in [1.54, 1.807) is 0 Å². The molecule has 4 heteroatoms. The first-order chi connectivity index (χ1) is 8.35. The van der Waals surface area contributed by atoms with E-state index >= 15 is 0 Å². The maximum absolute atomic E-state index is 5.95. The Morgan fingerprint density at radius 2 is 2.47 bits per heavy atom. The molecule has 0 bridgehead atoms. The van der Waals surface area contributed by atoms with Gasteiger partial charge in [0, 0.05) is 43.3 Å². The third-order valence-electron chi connectivity index (χ3n) is 3.19. The predicted molar refractivity (Wildman–Crippen MR) is 70.7 cm³/mol. The van der Waals surface area contributed by atoms with Gasteiger partial charge in [0.05, 0.1) is 12.0 Å². The maximum atomic E-state index is 5.95. The lowest BCUT2D eigenvalue weighted by atomic mass is 10.2. The van der Waals surface area contributed by atoms with Crippen molar-refractivity contribution < 1.29 is 4.74 Å². The summed E-state index contributed by atoms with van der Waals surface area (Å²) in [5.74, 6) is 0.505. The summed E-state index contributed by atoms with van der Waals surface area (Å²) in [6.45, 7) is 4.98. The molecule has 0 radical (unpaired) electrons. The third-order valence-corrected chi connectivity index (χ3v) is 3.48. The van der Waals surface area contributed by atoms with Gasteiger partial charge in [-0.15, -0.1) is 11.6 Å². The molecule has 3 nitrogen and oxygen atoms in total. The largest absolute Gasteiger partial charge is 0.376 e. The van der Waals surface area contributed by atoms with E-state index in [4.69, 9.17) is 16.3 Å². The zero-order valence-electron chi connectivity index (χ0n) is 10.2. The van der Waals surface area contributed by atoms with Crippen molar-refractivity contribution in [3.8, 4) is 0 Å². The van der Waals surface area contributed by atoms with E-state index in [0.29, 0.717) is 12.0 Å². The SMILES string of the molecule is CCN(CC1CCCO1)c1ccncc1CCl. The number of rotatable bonds is 5. The van der Waals surface area contributed by atoms with Gasteiger partial charge in [0.2, 0.25) is 0 Å². The molecule has 2 rings (SSSR count). The number of aromatic nitrogens is 1. The molecule has 1 fully saturated rings. The number of ether oxygens (including phenoxy) is 1. The van der Waals surface area contributed by atoms with Crippen LogP contribution in [0.25, 0.3) is 0 Å². The summed E-state index contributed by atoms with van der Waals surface area (Å²) in [6, 6.07) is 2.04. The maximum Gasteiger partial charge on any atom is 0.0750 e. The van der Waals surface area contributed by atoms with Gasteiger partial charge in [0.25, 0.3) is 0 Å². The van der Waals surface area contributed by atoms with Crippen LogP contribution in [0.3, 0.4) is 0 Å². The summed E-state index contributed by atoms with van der Waals surface area (Å²) in [4.78, 5) is 6.45. The van der Waals surface area contributed by atoms with Crippen LogP contribution in [0.2, 0.25) is 0 Å². The lowest BCUT2D eigenvalue weighted by molar-refractivity contribution is 0.115. The van der Waals surface area contributed by atoms with Crippen molar-refractivity contribution in [1.29, 1.82) is 0 Å². The van der Waals surface area contributed by atoms with E-state index in [2.05, 4.69) is 16.8 Å². The van der Waals surface area contributed by atoms with E-state index in [1.807, 2.05) is 18.5 Å². The van der Waals surface area contributed by atoms with Crippen molar-refractivity contribution >= 4 is 17.3 Å². The van der Waals surface area contributed by atoms with Crippen molar-refractivity contribution in [2.45, 2.75) is 31.7 Å². The molecule has 0 aromatic carbocycles. The zero-order chi connectivity index (χ0) is 12.1. The van der Waals surface area contributed by atoms with E-state index in [-0.39, 0.29) is 0 Å². The van der Waals surface area contributed by atoms with Crippen LogP contribution >= 0.6 is 11.6 Å². The van der Waals surface area contributed by atoms with Crippen LogP contribution in [0.1, 0.15) is 25.3 Å². The molecule has 1 unspecified atom stereocenters. The van der Waals surface area contributed by atoms with E-state index < -0.39 is 0 Å². The van der Waals surface area contributed by atoms with E-state index in [9.17, 15) is 0 Å². The Hall–Kier alpha value is -0.800. The highest BCUT2D eigenvalue weighted by Gasteiger charge is 2.19. The molecule has 1 aromatic rings. The van der Waals surface area contributed by atoms with Gasteiger partial charge >= 0.3 is 0 Å². The first kappa shape index (κ1) is 12.7. The number of halogens is 1. The molecule has 1 aliphatic rings. The van der Waals surface area contributed by atoms with Gasteiger partial charge in [0.1, 0.15) is 0 Å². The van der Waals surface area contributed by atoms with Crippen molar-refractivity contribution in [3.63, 3.8) is 0 Å². The fourth-order valence-electron chi connectivity index (χ4n) is 2.26. The number of nitrogens with zero attached hydrogens (tertiary/aromatic N) is 2. The minimum Gasteiger partial charge on any atom is -0.376 e. The van der Waals surface area contributed by atoms with Gasteiger partial charge in [-0.05, 0) is 25.8 Å². The molecule has 17 heavy (non-hydrogen) atoms. The smallest absolute Gasteiger partial charge is 0.0750 e. The number of pyridine rings is 1. The molecule has 0 saturated carbocycles. The second-order valence-electron chi connectivity index (χ2n) is 4.31. The fourth-order valence-corrected chi connectivity index (χ4v) is 2.47. The van der Waals surface area contributed by atoms with Crippen LogP contribution in [0.4, 0.5) is 5.69 Å². The Bertz CT molecular complexity index is 353. The normalized spacial score (nSPS) is 19.5. The Kier molecular flexibility index (Phi) is 4.63. The Morgan fingerprint density at radius 3 is 3.12 bits per heavy atom. The van der Waals surface area contributed by atoms with Crippen molar-refractivity contribution in [2.75, 3.05) is 24.6 Å². The molecule has 2 heterocycles. The Labute approximate surface area is 108 Å². The average molecular weight is 255 g/mol. The topological polar surface area (TPSA) is 25.4 Å². The Morgan fingerprint density at radius 1 is 1.59 bits per heavy atom. The summed E-state index contributed by atoms with van der Waals surface area (Å²) in [5.41, 5.74) is 2.28. The fraction of sp³-hybridized carbons (Fsp3) is 0.615. The van der Waals surface area contributed by atoms with E-state index in [1.165, 1.54) is 12.1 Å². The third kappa shape index (κ3) is 3.11. The molecule has 0 spiro atoms. The molecule has 0 N–H and O–H groups in total. The number of hydrogen-bond acceptors (Lipinski definition) is 3. The summed E-state index contributed by atoms with van der Waals surface area (Å²) < 4.78 is 5.69. The summed E-state index contributed by atoms with van der Waals surface area (Å²) in [6.07, 6.45) is 6.38. The molecule has 0 amide bonds. The van der Waals surface area contributed by atoms with Crippen LogP contribution in [0.5, 0.6) is 0 Å². The average Bonchev–Trinajstić information content (AvgIpc) is 2.89. The first-order valence-corrected chi connectivity index (χ1v) is 6.74. The van der Waals surface area contributed by atoms with E-state index in [0.717, 1.165) is 31.7 Å². The molecule has 1 saturated heterocycles. The van der Waals surface area contributed by atoms with Gasteiger partial charge in [-0.25, -0.2) is 0 Å². The minimum atomic E-state index is 0.367. The van der Waals surface area contributed by atoms with Crippen molar-refractivity contribution in [1.82, 2.24) is 4.98 Å². The second kappa shape index (κ2) is 6.22. The summed E-state index contributed by atoms with van der Waals surface area (Å²) in [5, 5.41) is 0. The van der Waals surface area contributed by atoms with Crippen LogP contribution in [0.15, 0.2) is 18.5 Å². The van der Waals surface area contributed by atoms with Gasteiger partial charge in [-0.1, -0.05) is 0 Å². The van der Waals surface area contributed by atoms with Crippen LogP contribution in [-0.2, 0) is 10.6 Å². The Balaban J connectivity index is 2.10. The van der Waals surface area contributed by atoms with Gasteiger partial charge < -0.3 is 9.64 Å². The summed E-state index contributed by atoms with van der Waals surface area (Å²) >= 11 is 5.95. The van der Waals surface area contributed by atoms with Crippen molar-refractivity contribution in [2.24, 2.45) is 0 Å². The lowest BCUT2D eigenvalue weighted by Crippen LogP contribution is -2.32. The number of alkyl halides is 1. The number of anilines is 1. The van der Waals surface area contributed by atoms with Gasteiger partial charge in [-0.2, -0.15) is 0 Å². The quantitative estimate of drug-likeness (QED) is 0.756. The second-order valence-corrected chi connectivity index (χ2v) is 4.58. The zero-order valence-corrected chi connectivity index (χ0v) is 11.0. The van der Waals surface area contributed by atoms with Crippen LogP contribution < -0.4 is 4.90 Å². The lowest BCUT2D eigenvalue weighted by Gasteiger charge is -2.27. The first-order valence-electron chi connectivity index (χ1n) is 6.20. The standard InChI is InChI=1S/C13H19ClN2O/c1-2-16(10-12-4-3-7-17-12)13-5-6-15-9-11(13)8-14/h5-6,9,12H,2-4,7-8,10H2,1H3. The molecule has 94 valence electrons. The summed E-state index contributed by atoms with van der Waals surface area (Å²) in [7, 11) is 0. The highest BCUT2D eigenvalue weighted by molar-refractivity contribution is 6.17.